The number of carboxylic acid groups (broad SMARTS) is 1. The molecule has 2 amide bonds. The number of ether oxygens (including phenoxy) is 1. The fraction of sp³-hybridized carbons (Fsp3) is 0.158. The lowest BCUT2D eigenvalue weighted by Crippen LogP contribution is -2.40. The van der Waals surface area contributed by atoms with Crippen molar-refractivity contribution in [3.8, 4) is 5.75 Å². The summed E-state index contributed by atoms with van der Waals surface area (Å²) in [4.78, 5) is 45.5. The first-order valence-corrected chi connectivity index (χ1v) is 8.27. The van der Waals surface area contributed by atoms with Gasteiger partial charge in [0.25, 0.3) is 5.91 Å². The Labute approximate surface area is 157 Å². The zero-order valence-corrected chi connectivity index (χ0v) is 14.6. The number of nitrogens with one attached hydrogen (secondary N) is 2. The first-order chi connectivity index (χ1) is 13.4. The third kappa shape index (κ3) is 4.44. The van der Waals surface area contributed by atoms with Crippen LogP contribution in [0.5, 0.6) is 5.75 Å². The standard InChI is InChI=1S/C19H16N2O7/c22-16(21-9-18(24)25)8-20-17(23)10-27-11-5-6-13-12-3-1-2-4-14(12)19(26)28-15(13)7-11/h1-7H,8-10H2,(H,20,23)(H,21,22)(H,24,25). The average molecular weight is 384 g/mol. The van der Waals surface area contributed by atoms with Crippen LogP contribution in [0.3, 0.4) is 0 Å². The summed E-state index contributed by atoms with van der Waals surface area (Å²) in [5.41, 5.74) is -0.139. The van der Waals surface area contributed by atoms with Crippen LogP contribution in [0.15, 0.2) is 51.7 Å². The zero-order chi connectivity index (χ0) is 20.1. The molecule has 0 atom stereocenters. The van der Waals surface area contributed by atoms with Gasteiger partial charge in [-0.15, -0.1) is 0 Å². The van der Waals surface area contributed by atoms with Gasteiger partial charge in [-0.1, -0.05) is 18.2 Å². The molecule has 9 nitrogen and oxygen atoms in total. The highest BCUT2D eigenvalue weighted by molar-refractivity contribution is 6.04. The molecule has 9 heteroatoms. The normalized spacial score (nSPS) is 10.6. The molecule has 0 fully saturated rings. The van der Waals surface area contributed by atoms with Crippen LogP contribution in [0.4, 0.5) is 0 Å². The zero-order valence-electron chi connectivity index (χ0n) is 14.6. The number of carboxylic acids is 1. The monoisotopic (exact) mass is 384 g/mol. The van der Waals surface area contributed by atoms with Crippen molar-refractivity contribution >= 4 is 39.5 Å². The van der Waals surface area contributed by atoms with Crippen LogP contribution >= 0.6 is 0 Å². The van der Waals surface area contributed by atoms with Crippen molar-refractivity contribution in [3.05, 3.63) is 52.9 Å². The smallest absolute Gasteiger partial charge is 0.344 e. The molecule has 0 unspecified atom stereocenters. The fourth-order valence-electron chi connectivity index (χ4n) is 2.57. The summed E-state index contributed by atoms with van der Waals surface area (Å²) in [6.45, 7) is -1.26. The molecule has 0 saturated heterocycles. The van der Waals surface area contributed by atoms with Crippen LogP contribution in [0.25, 0.3) is 21.7 Å². The van der Waals surface area contributed by atoms with E-state index < -0.39 is 30.0 Å². The maximum atomic E-state index is 12.1. The molecule has 0 aliphatic carbocycles. The minimum atomic E-state index is -1.18. The Bertz CT molecular complexity index is 1120. The van der Waals surface area contributed by atoms with Gasteiger partial charge >= 0.3 is 11.6 Å². The molecule has 0 spiro atoms. The summed E-state index contributed by atoms with van der Waals surface area (Å²) in [5, 5.41) is 14.8. The van der Waals surface area contributed by atoms with Crippen LogP contribution in [-0.4, -0.2) is 42.6 Å². The molecule has 0 aliphatic rings. The van der Waals surface area contributed by atoms with Gasteiger partial charge in [0.05, 0.1) is 11.9 Å². The van der Waals surface area contributed by atoms with Crippen LogP contribution in [0.1, 0.15) is 0 Å². The van der Waals surface area contributed by atoms with Gasteiger partial charge in [-0.25, -0.2) is 4.79 Å². The molecule has 3 rings (SSSR count). The molecule has 1 heterocycles. The van der Waals surface area contributed by atoms with E-state index >= 15 is 0 Å². The molecule has 0 saturated carbocycles. The number of amides is 2. The number of benzene rings is 2. The van der Waals surface area contributed by atoms with Gasteiger partial charge in [0.1, 0.15) is 17.9 Å². The predicted octanol–water partition coefficient (Wildman–Crippen LogP) is 0.642. The quantitative estimate of drug-likeness (QED) is 0.402. The number of carbonyl (C=O) groups excluding carboxylic acids is 2. The Morgan fingerprint density at radius 2 is 1.64 bits per heavy atom. The van der Waals surface area contributed by atoms with Gasteiger partial charge in [-0.05, 0) is 23.6 Å². The van der Waals surface area contributed by atoms with Crippen LogP contribution < -0.4 is 21.0 Å². The Hall–Kier alpha value is -3.88. The maximum absolute atomic E-state index is 12.1. The van der Waals surface area contributed by atoms with E-state index in [1.165, 1.54) is 6.07 Å². The van der Waals surface area contributed by atoms with E-state index in [2.05, 4.69) is 10.6 Å². The van der Waals surface area contributed by atoms with E-state index in [-0.39, 0.29) is 13.2 Å². The highest BCUT2D eigenvalue weighted by atomic mass is 16.5. The minimum absolute atomic E-state index is 0.316. The first-order valence-electron chi connectivity index (χ1n) is 8.27. The number of hydrogen-bond donors (Lipinski definition) is 3. The van der Waals surface area contributed by atoms with Crippen molar-refractivity contribution in [2.75, 3.05) is 19.7 Å². The molecule has 0 aliphatic heterocycles. The van der Waals surface area contributed by atoms with Crippen LogP contribution in [-0.2, 0) is 14.4 Å². The molecule has 3 N–H and O–H groups in total. The Balaban J connectivity index is 1.63. The SMILES string of the molecule is O=C(O)CNC(=O)CNC(=O)COc1ccc2c(c1)oc(=O)c1ccccc12. The molecule has 0 radical (unpaired) electrons. The van der Waals surface area contributed by atoms with Crippen LogP contribution in [0.2, 0.25) is 0 Å². The van der Waals surface area contributed by atoms with Gasteiger partial charge in [-0.2, -0.15) is 0 Å². The van der Waals surface area contributed by atoms with E-state index in [1.807, 2.05) is 12.1 Å². The highest BCUT2D eigenvalue weighted by Crippen LogP contribution is 2.26. The third-order valence-electron chi connectivity index (χ3n) is 3.85. The number of hydrogen-bond acceptors (Lipinski definition) is 6. The van der Waals surface area contributed by atoms with E-state index in [9.17, 15) is 19.2 Å². The second-order valence-electron chi connectivity index (χ2n) is 5.83. The van der Waals surface area contributed by atoms with Gasteiger partial charge in [0.2, 0.25) is 5.91 Å². The molecule has 144 valence electrons. The Morgan fingerprint density at radius 1 is 0.929 bits per heavy atom. The number of aliphatic carboxylic acids is 1. The van der Waals surface area contributed by atoms with Crippen molar-refractivity contribution in [1.29, 1.82) is 0 Å². The summed E-state index contributed by atoms with van der Waals surface area (Å²) in [5.74, 6) is -2.06. The number of rotatable bonds is 7. The first kappa shape index (κ1) is 18.9. The minimum Gasteiger partial charge on any atom is -0.484 e. The largest absolute Gasteiger partial charge is 0.484 e. The third-order valence-corrected chi connectivity index (χ3v) is 3.85. The van der Waals surface area contributed by atoms with E-state index in [0.29, 0.717) is 16.7 Å². The second kappa shape index (κ2) is 8.21. The lowest BCUT2D eigenvalue weighted by molar-refractivity contribution is -0.137. The molecule has 28 heavy (non-hydrogen) atoms. The van der Waals surface area contributed by atoms with E-state index in [4.69, 9.17) is 14.3 Å². The van der Waals surface area contributed by atoms with Gasteiger partial charge in [-0.3, -0.25) is 14.4 Å². The summed E-state index contributed by atoms with van der Waals surface area (Å²) < 4.78 is 10.7. The van der Waals surface area contributed by atoms with E-state index in [0.717, 1.165) is 10.8 Å². The summed E-state index contributed by atoms with van der Waals surface area (Å²) in [6, 6.07) is 12.0. The molecule has 2 aromatic carbocycles. The van der Waals surface area contributed by atoms with Crippen molar-refractivity contribution in [1.82, 2.24) is 10.6 Å². The van der Waals surface area contributed by atoms with Crippen LogP contribution in [0, 0.1) is 0 Å². The van der Waals surface area contributed by atoms with Crippen molar-refractivity contribution < 1.29 is 28.6 Å². The van der Waals surface area contributed by atoms with Crippen molar-refractivity contribution in [2.45, 2.75) is 0 Å². The predicted molar refractivity (Wildman–Crippen MR) is 99.1 cm³/mol. The van der Waals surface area contributed by atoms with Gasteiger partial charge in [0, 0.05) is 11.5 Å². The van der Waals surface area contributed by atoms with Gasteiger partial charge < -0.3 is 24.9 Å². The summed E-state index contributed by atoms with van der Waals surface area (Å²) in [7, 11) is 0. The number of fused-ring (bicyclic) bond motifs is 3. The molecule has 0 bridgehead atoms. The van der Waals surface area contributed by atoms with Crippen molar-refractivity contribution in [3.63, 3.8) is 0 Å². The lowest BCUT2D eigenvalue weighted by Gasteiger charge is -2.09. The highest BCUT2D eigenvalue weighted by Gasteiger charge is 2.10. The molecule has 1 aromatic heterocycles. The lowest BCUT2D eigenvalue weighted by atomic mass is 10.1. The topological polar surface area (TPSA) is 135 Å². The summed E-state index contributed by atoms with van der Waals surface area (Å²) in [6.07, 6.45) is 0. The maximum Gasteiger partial charge on any atom is 0.344 e. The number of carbonyl (C=O) groups is 3. The molecular weight excluding hydrogens is 368 g/mol. The Kier molecular flexibility index (Phi) is 5.54. The average Bonchev–Trinajstić information content (AvgIpc) is 2.69. The Morgan fingerprint density at radius 3 is 2.39 bits per heavy atom. The molecule has 3 aromatic rings. The van der Waals surface area contributed by atoms with Crippen molar-refractivity contribution in [2.24, 2.45) is 0 Å². The van der Waals surface area contributed by atoms with E-state index in [1.54, 1.807) is 24.3 Å². The van der Waals surface area contributed by atoms with Gasteiger partial charge in [0.15, 0.2) is 6.61 Å². The summed E-state index contributed by atoms with van der Waals surface area (Å²) >= 11 is 0. The molecular formula is C19H16N2O7. The second-order valence-corrected chi connectivity index (χ2v) is 5.83. The fourth-order valence-corrected chi connectivity index (χ4v) is 2.57.